The SMILES string of the molecule is Clc1nc(Cl)nc(Cl)n1.Nc1nc(Cl)nc(N2CCCN(C(=O)O)CC2)n1. The highest BCUT2D eigenvalue weighted by atomic mass is 35.5. The van der Waals surface area contributed by atoms with Crippen molar-refractivity contribution in [3.05, 3.63) is 21.1 Å². The Morgan fingerprint density at radius 3 is 1.89 bits per heavy atom. The van der Waals surface area contributed by atoms with Gasteiger partial charge in [0.2, 0.25) is 33.0 Å². The Bertz CT molecular complexity index is 742. The molecule has 11 nitrogen and oxygen atoms in total. The van der Waals surface area contributed by atoms with Gasteiger partial charge in [-0.1, -0.05) is 0 Å². The summed E-state index contributed by atoms with van der Waals surface area (Å²) in [6, 6.07) is 0. The van der Waals surface area contributed by atoms with E-state index in [4.69, 9.17) is 57.2 Å². The Hall–Kier alpha value is -1.95. The highest BCUT2D eigenvalue weighted by molar-refractivity contribution is 6.33. The number of carboxylic acid groups (broad SMARTS) is 1. The molecule has 1 aliphatic rings. The summed E-state index contributed by atoms with van der Waals surface area (Å²) in [5, 5.41) is 8.97. The average Bonchev–Trinajstić information content (AvgIpc) is 2.79. The van der Waals surface area contributed by atoms with Gasteiger partial charge < -0.3 is 20.6 Å². The van der Waals surface area contributed by atoms with Crippen LogP contribution in [0.15, 0.2) is 0 Å². The lowest BCUT2D eigenvalue weighted by Crippen LogP contribution is -2.34. The number of hydrogen-bond donors (Lipinski definition) is 2. The Morgan fingerprint density at radius 2 is 1.37 bits per heavy atom. The van der Waals surface area contributed by atoms with Crippen molar-refractivity contribution in [3.63, 3.8) is 0 Å². The molecule has 0 bridgehead atoms. The van der Waals surface area contributed by atoms with Crippen LogP contribution in [0.1, 0.15) is 6.42 Å². The van der Waals surface area contributed by atoms with Crippen LogP contribution in [0.4, 0.5) is 16.7 Å². The zero-order valence-electron chi connectivity index (χ0n) is 13.6. The standard InChI is InChI=1S/C9H13ClN6O2.C3Cl3N3/c10-6-12-7(11)14-8(13-6)15-2-1-3-16(5-4-15)9(17)18;4-1-7-2(5)9-3(6)8-1/h1-5H2,(H,17,18)(H2,11,12,13,14);. The van der Waals surface area contributed by atoms with Crippen molar-refractivity contribution in [1.29, 1.82) is 0 Å². The van der Waals surface area contributed by atoms with Crippen LogP contribution in [0.3, 0.4) is 0 Å². The molecule has 0 radical (unpaired) electrons. The average molecular weight is 457 g/mol. The number of aromatic nitrogens is 6. The zero-order chi connectivity index (χ0) is 20.0. The molecular weight excluding hydrogens is 444 g/mol. The summed E-state index contributed by atoms with van der Waals surface area (Å²) in [7, 11) is 0. The van der Waals surface area contributed by atoms with Crippen molar-refractivity contribution in [2.45, 2.75) is 6.42 Å². The highest BCUT2D eigenvalue weighted by Crippen LogP contribution is 2.14. The van der Waals surface area contributed by atoms with E-state index in [1.165, 1.54) is 4.90 Å². The molecule has 1 aliphatic heterocycles. The molecule has 27 heavy (non-hydrogen) atoms. The van der Waals surface area contributed by atoms with Gasteiger partial charge in [-0.15, -0.1) is 0 Å². The molecule has 1 amide bonds. The number of carbonyl (C=O) groups is 1. The molecule has 2 aromatic heterocycles. The molecule has 3 heterocycles. The molecule has 0 aromatic carbocycles. The quantitative estimate of drug-likeness (QED) is 0.653. The van der Waals surface area contributed by atoms with E-state index in [0.29, 0.717) is 38.5 Å². The number of nitrogens with two attached hydrogens (primary N) is 1. The second-order valence-electron chi connectivity index (χ2n) is 5.02. The van der Waals surface area contributed by atoms with Gasteiger partial charge in [0.05, 0.1) is 0 Å². The molecule has 1 saturated heterocycles. The summed E-state index contributed by atoms with van der Waals surface area (Å²) in [6.07, 6.45) is -0.208. The van der Waals surface area contributed by atoms with E-state index < -0.39 is 6.09 Å². The van der Waals surface area contributed by atoms with Gasteiger partial charge in [0, 0.05) is 26.2 Å². The van der Waals surface area contributed by atoms with Crippen LogP contribution in [0, 0.1) is 0 Å². The second-order valence-corrected chi connectivity index (χ2v) is 6.37. The summed E-state index contributed by atoms with van der Waals surface area (Å²) < 4.78 is 0. The fourth-order valence-electron chi connectivity index (χ4n) is 2.11. The lowest BCUT2D eigenvalue weighted by Gasteiger charge is -2.20. The van der Waals surface area contributed by atoms with Gasteiger partial charge in [-0.2, -0.15) is 29.9 Å². The fraction of sp³-hybridized carbons (Fsp3) is 0.417. The molecule has 0 aliphatic carbocycles. The van der Waals surface area contributed by atoms with E-state index in [0.717, 1.165) is 0 Å². The Morgan fingerprint density at radius 1 is 0.815 bits per heavy atom. The molecule has 3 N–H and O–H groups in total. The minimum absolute atomic E-state index is 0.000000000000000444. The largest absolute Gasteiger partial charge is 0.465 e. The number of anilines is 2. The molecule has 146 valence electrons. The molecule has 3 rings (SSSR count). The minimum Gasteiger partial charge on any atom is -0.465 e. The van der Waals surface area contributed by atoms with Crippen LogP contribution in [0.2, 0.25) is 21.1 Å². The maximum absolute atomic E-state index is 10.9. The third-order valence-corrected chi connectivity index (χ3v) is 3.89. The highest BCUT2D eigenvalue weighted by Gasteiger charge is 2.20. The predicted molar refractivity (Wildman–Crippen MR) is 101 cm³/mol. The third kappa shape index (κ3) is 6.94. The molecule has 15 heteroatoms. The first kappa shape index (κ1) is 21.4. The Balaban J connectivity index is 0.000000244. The zero-order valence-corrected chi connectivity index (χ0v) is 16.6. The smallest absolute Gasteiger partial charge is 0.407 e. The van der Waals surface area contributed by atoms with Crippen LogP contribution >= 0.6 is 46.4 Å². The fourth-order valence-corrected chi connectivity index (χ4v) is 2.88. The van der Waals surface area contributed by atoms with Crippen LogP contribution in [0.5, 0.6) is 0 Å². The number of amides is 1. The Labute approximate surface area is 173 Å². The van der Waals surface area contributed by atoms with Crippen molar-refractivity contribution in [3.8, 4) is 0 Å². The maximum Gasteiger partial charge on any atom is 0.407 e. The molecule has 0 unspecified atom stereocenters. The van der Waals surface area contributed by atoms with Crippen LogP contribution < -0.4 is 10.6 Å². The van der Waals surface area contributed by atoms with Crippen LogP contribution in [-0.4, -0.2) is 72.2 Å². The molecule has 2 aromatic rings. The summed E-state index contributed by atoms with van der Waals surface area (Å²) in [5.41, 5.74) is 5.50. The van der Waals surface area contributed by atoms with E-state index in [2.05, 4.69) is 29.9 Å². The summed E-state index contributed by atoms with van der Waals surface area (Å²) in [4.78, 5) is 36.2. The first-order valence-corrected chi connectivity index (χ1v) is 8.88. The monoisotopic (exact) mass is 455 g/mol. The van der Waals surface area contributed by atoms with Crippen LogP contribution in [-0.2, 0) is 0 Å². The van der Waals surface area contributed by atoms with Crippen molar-refractivity contribution in [2.24, 2.45) is 0 Å². The molecule has 0 spiro atoms. The van der Waals surface area contributed by atoms with Gasteiger partial charge in [-0.25, -0.2) is 4.79 Å². The molecule has 0 atom stereocenters. The van der Waals surface area contributed by atoms with Crippen molar-refractivity contribution < 1.29 is 9.90 Å². The molecular formula is C12H13Cl4N9O2. The van der Waals surface area contributed by atoms with Gasteiger partial charge in [-0.3, -0.25) is 0 Å². The number of nitrogens with zero attached hydrogens (tertiary/aromatic N) is 8. The van der Waals surface area contributed by atoms with E-state index >= 15 is 0 Å². The number of hydrogen-bond acceptors (Lipinski definition) is 9. The Kier molecular flexibility index (Phi) is 7.78. The van der Waals surface area contributed by atoms with Gasteiger partial charge in [0.25, 0.3) is 0 Å². The molecule has 0 saturated carbocycles. The third-order valence-electron chi connectivity index (χ3n) is 3.22. The summed E-state index contributed by atoms with van der Waals surface area (Å²) in [6.45, 7) is 2.06. The van der Waals surface area contributed by atoms with Gasteiger partial charge in [0.1, 0.15) is 0 Å². The predicted octanol–water partition coefficient (Wildman–Crippen LogP) is 2.13. The van der Waals surface area contributed by atoms with Gasteiger partial charge >= 0.3 is 6.09 Å². The lowest BCUT2D eigenvalue weighted by atomic mass is 10.4. The lowest BCUT2D eigenvalue weighted by molar-refractivity contribution is 0.148. The molecule has 1 fully saturated rings. The number of rotatable bonds is 1. The first-order chi connectivity index (χ1) is 12.7. The van der Waals surface area contributed by atoms with Crippen molar-refractivity contribution in [2.75, 3.05) is 36.8 Å². The van der Waals surface area contributed by atoms with E-state index in [9.17, 15) is 4.79 Å². The number of halogens is 4. The summed E-state index contributed by atoms with van der Waals surface area (Å²) >= 11 is 21.7. The van der Waals surface area contributed by atoms with Crippen LogP contribution in [0.25, 0.3) is 0 Å². The van der Waals surface area contributed by atoms with Gasteiger partial charge in [0.15, 0.2) is 0 Å². The number of nitrogen functional groups attached to an aromatic ring is 1. The van der Waals surface area contributed by atoms with Crippen molar-refractivity contribution >= 4 is 64.4 Å². The van der Waals surface area contributed by atoms with E-state index in [1.54, 1.807) is 0 Å². The van der Waals surface area contributed by atoms with E-state index in [1.807, 2.05) is 4.90 Å². The van der Waals surface area contributed by atoms with Crippen molar-refractivity contribution in [1.82, 2.24) is 34.8 Å². The minimum atomic E-state index is -0.912. The maximum atomic E-state index is 10.9. The van der Waals surface area contributed by atoms with Gasteiger partial charge in [-0.05, 0) is 52.8 Å². The summed E-state index contributed by atoms with van der Waals surface area (Å²) in [5.74, 6) is 0.448. The topological polar surface area (TPSA) is 147 Å². The first-order valence-electron chi connectivity index (χ1n) is 7.37. The van der Waals surface area contributed by atoms with E-state index in [-0.39, 0.29) is 27.1 Å². The second kappa shape index (κ2) is 9.83. The normalized spacial score (nSPS) is 14.2.